The molecule has 1 saturated heterocycles. The van der Waals surface area contributed by atoms with Gasteiger partial charge in [-0.2, -0.15) is 5.10 Å². The van der Waals surface area contributed by atoms with E-state index in [0.29, 0.717) is 17.9 Å². The van der Waals surface area contributed by atoms with E-state index in [-0.39, 0.29) is 0 Å². The second-order valence-corrected chi connectivity index (χ2v) is 4.75. The summed E-state index contributed by atoms with van der Waals surface area (Å²) in [7, 11) is 0. The number of hydrogen-bond donors (Lipinski definition) is 2. The van der Waals surface area contributed by atoms with Crippen LogP contribution in [0.1, 0.15) is 31.9 Å². The quantitative estimate of drug-likeness (QED) is 0.846. The van der Waals surface area contributed by atoms with Crippen molar-refractivity contribution in [1.29, 1.82) is 0 Å². The van der Waals surface area contributed by atoms with Gasteiger partial charge in [-0.05, 0) is 32.4 Å². The largest absolute Gasteiger partial charge is 0.383 e. The molecule has 90 valence electrons. The Balaban J connectivity index is 2.33. The van der Waals surface area contributed by atoms with Crippen molar-refractivity contribution in [3.8, 4) is 0 Å². The van der Waals surface area contributed by atoms with Gasteiger partial charge in [0, 0.05) is 6.54 Å². The lowest BCUT2D eigenvalue weighted by molar-refractivity contribution is -0.00233. The number of hydrogen-bond acceptors (Lipinski definition) is 3. The molecule has 16 heavy (non-hydrogen) atoms. The highest BCUT2D eigenvalue weighted by atomic mass is 35.5. The summed E-state index contributed by atoms with van der Waals surface area (Å²) < 4.78 is 1.84. The Labute approximate surface area is 101 Å². The summed E-state index contributed by atoms with van der Waals surface area (Å²) in [6.45, 7) is 4.54. The molecule has 2 rings (SSSR count). The van der Waals surface area contributed by atoms with Crippen LogP contribution in [0, 0.1) is 0 Å². The van der Waals surface area contributed by atoms with E-state index in [2.05, 4.69) is 17.3 Å². The van der Waals surface area contributed by atoms with E-state index in [9.17, 15) is 5.11 Å². The molecule has 1 aliphatic rings. The maximum Gasteiger partial charge on any atom is 0.110 e. The first kappa shape index (κ1) is 11.9. The van der Waals surface area contributed by atoms with Crippen molar-refractivity contribution in [2.24, 2.45) is 0 Å². The zero-order valence-corrected chi connectivity index (χ0v) is 10.3. The zero-order chi connectivity index (χ0) is 11.6. The second kappa shape index (κ2) is 4.73. The summed E-state index contributed by atoms with van der Waals surface area (Å²) in [6, 6.07) is 0. The number of nitrogens with one attached hydrogen (secondary N) is 1. The van der Waals surface area contributed by atoms with Crippen molar-refractivity contribution in [2.45, 2.75) is 38.3 Å². The third-order valence-electron chi connectivity index (χ3n) is 3.10. The molecule has 0 spiro atoms. The third kappa shape index (κ3) is 2.10. The predicted molar refractivity (Wildman–Crippen MR) is 63.5 cm³/mol. The van der Waals surface area contributed by atoms with Gasteiger partial charge in [-0.3, -0.25) is 4.68 Å². The molecule has 1 aliphatic heterocycles. The highest BCUT2D eigenvalue weighted by Gasteiger charge is 2.36. The average Bonchev–Trinajstić information content (AvgIpc) is 2.62. The van der Waals surface area contributed by atoms with Crippen molar-refractivity contribution in [2.75, 3.05) is 13.1 Å². The normalized spacial score (nSPS) is 19.9. The molecule has 0 aliphatic carbocycles. The lowest BCUT2D eigenvalue weighted by atomic mass is 9.89. The number of aromatic nitrogens is 2. The van der Waals surface area contributed by atoms with E-state index < -0.39 is 5.60 Å². The summed E-state index contributed by atoms with van der Waals surface area (Å²) in [6.07, 6.45) is 4.01. The Hall–Kier alpha value is -0.580. The minimum atomic E-state index is -0.812. The topological polar surface area (TPSA) is 50.1 Å². The van der Waals surface area contributed by atoms with E-state index in [1.807, 2.05) is 4.68 Å². The van der Waals surface area contributed by atoms with Crippen LogP contribution in [-0.4, -0.2) is 28.0 Å². The predicted octanol–water partition coefficient (Wildman–Crippen LogP) is 1.52. The third-order valence-corrected chi connectivity index (χ3v) is 3.38. The van der Waals surface area contributed by atoms with Crippen LogP contribution in [0.15, 0.2) is 6.20 Å². The number of halogens is 1. The molecule has 0 aromatic carbocycles. The SMILES string of the molecule is CCCn1ncc(Cl)c1C1(O)CCNCC1. The molecule has 1 aromatic rings. The Morgan fingerprint density at radius 2 is 2.25 bits per heavy atom. The first-order valence-corrected chi connectivity index (χ1v) is 6.20. The fourth-order valence-electron chi connectivity index (χ4n) is 2.28. The van der Waals surface area contributed by atoms with E-state index in [1.165, 1.54) is 0 Å². The standard InChI is InChI=1S/C11H18ClN3O/c1-2-7-15-10(9(12)8-14-15)11(16)3-5-13-6-4-11/h8,13,16H,2-7H2,1H3. The summed E-state index contributed by atoms with van der Waals surface area (Å²) in [5, 5.41) is 18.7. The molecule has 1 aromatic heterocycles. The Kier molecular flexibility index (Phi) is 3.52. The Morgan fingerprint density at radius 1 is 1.56 bits per heavy atom. The van der Waals surface area contributed by atoms with Crippen LogP contribution in [0.5, 0.6) is 0 Å². The molecule has 0 radical (unpaired) electrons. The van der Waals surface area contributed by atoms with Crippen LogP contribution in [0.2, 0.25) is 5.02 Å². The molecule has 0 atom stereocenters. The molecule has 2 N–H and O–H groups in total. The summed E-state index contributed by atoms with van der Waals surface area (Å²) >= 11 is 6.14. The van der Waals surface area contributed by atoms with Crippen LogP contribution in [0.3, 0.4) is 0 Å². The van der Waals surface area contributed by atoms with Gasteiger partial charge in [-0.15, -0.1) is 0 Å². The number of rotatable bonds is 3. The molecule has 4 nitrogen and oxygen atoms in total. The molecule has 0 unspecified atom stereocenters. The van der Waals surface area contributed by atoms with E-state index in [1.54, 1.807) is 6.20 Å². The van der Waals surface area contributed by atoms with Gasteiger partial charge in [0.2, 0.25) is 0 Å². The van der Waals surface area contributed by atoms with Crippen molar-refractivity contribution in [3.63, 3.8) is 0 Å². The molecular formula is C11H18ClN3O. The first-order valence-electron chi connectivity index (χ1n) is 5.82. The zero-order valence-electron chi connectivity index (χ0n) is 9.54. The lowest BCUT2D eigenvalue weighted by Gasteiger charge is -2.33. The number of aliphatic hydroxyl groups is 1. The van der Waals surface area contributed by atoms with Crippen LogP contribution in [0.4, 0.5) is 0 Å². The van der Waals surface area contributed by atoms with Crippen molar-refractivity contribution < 1.29 is 5.11 Å². The Bertz CT molecular complexity index is 358. The fraction of sp³-hybridized carbons (Fsp3) is 0.727. The molecular weight excluding hydrogens is 226 g/mol. The maximum atomic E-state index is 10.6. The molecule has 5 heteroatoms. The molecule has 0 amide bonds. The van der Waals surface area contributed by atoms with Gasteiger partial charge >= 0.3 is 0 Å². The van der Waals surface area contributed by atoms with Gasteiger partial charge in [-0.25, -0.2) is 0 Å². The van der Waals surface area contributed by atoms with Crippen LogP contribution in [0.25, 0.3) is 0 Å². The number of piperidine rings is 1. The van der Waals surface area contributed by atoms with Gasteiger partial charge in [0.1, 0.15) is 5.60 Å². The van der Waals surface area contributed by atoms with Gasteiger partial charge in [0.05, 0.1) is 16.9 Å². The summed E-state index contributed by atoms with van der Waals surface area (Å²) in [5.41, 5.74) is -0.0221. The fourth-order valence-corrected chi connectivity index (χ4v) is 2.60. The highest BCUT2D eigenvalue weighted by molar-refractivity contribution is 6.31. The summed E-state index contributed by atoms with van der Waals surface area (Å²) in [5.74, 6) is 0. The lowest BCUT2D eigenvalue weighted by Crippen LogP contribution is -2.41. The van der Waals surface area contributed by atoms with Crippen LogP contribution >= 0.6 is 11.6 Å². The van der Waals surface area contributed by atoms with Crippen molar-refractivity contribution in [1.82, 2.24) is 15.1 Å². The Morgan fingerprint density at radius 3 is 2.88 bits per heavy atom. The van der Waals surface area contributed by atoms with Crippen LogP contribution in [-0.2, 0) is 12.1 Å². The van der Waals surface area contributed by atoms with E-state index >= 15 is 0 Å². The second-order valence-electron chi connectivity index (χ2n) is 4.35. The van der Waals surface area contributed by atoms with E-state index in [4.69, 9.17) is 11.6 Å². The van der Waals surface area contributed by atoms with Gasteiger partial charge < -0.3 is 10.4 Å². The number of aryl methyl sites for hydroxylation is 1. The molecule has 0 saturated carbocycles. The van der Waals surface area contributed by atoms with Crippen LogP contribution < -0.4 is 5.32 Å². The van der Waals surface area contributed by atoms with Crippen molar-refractivity contribution in [3.05, 3.63) is 16.9 Å². The molecule has 0 bridgehead atoms. The minimum absolute atomic E-state index is 0.581. The van der Waals surface area contributed by atoms with Gasteiger partial charge in [0.15, 0.2) is 0 Å². The van der Waals surface area contributed by atoms with Gasteiger partial charge in [0.25, 0.3) is 0 Å². The number of nitrogens with zero attached hydrogens (tertiary/aromatic N) is 2. The molecule has 2 heterocycles. The van der Waals surface area contributed by atoms with E-state index in [0.717, 1.165) is 31.7 Å². The summed E-state index contributed by atoms with van der Waals surface area (Å²) in [4.78, 5) is 0. The first-order chi connectivity index (χ1) is 7.67. The minimum Gasteiger partial charge on any atom is -0.383 e. The highest BCUT2D eigenvalue weighted by Crippen LogP contribution is 2.35. The maximum absolute atomic E-state index is 10.6. The average molecular weight is 244 g/mol. The van der Waals surface area contributed by atoms with Gasteiger partial charge in [-0.1, -0.05) is 18.5 Å². The smallest absolute Gasteiger partial charge is 0.110 e. The van der Waals surface area contributed by atoms with Crippen molar-refractivity contribution >= 4 is 11.6 Å². The monoisotopic (exact) mass is 243 g/mol. The molecule has 1 fully saturated rings.